The highest BCUT2D eigenvalue weighted by molar-refractivity contribution is 5.96. The molecule has 0 atom stereocenters. The Morgan fingerprint density at radius 1 is 1.03 bits per heavy atom. The van der Waals surface area contributed by atoms with Gasteiger partial charge in [0.15, 0.2) is 5.76 Å². The Hall–Kier alpha value is -4.01. The number of hydrogen-bond acceptors (Lipinski definition) is 7. The highest BCUT2D eigenvalue weighted by Gasteiger charge is 2.19. The Morgan fingerprint density at radius 2 is 1.79 bits per heavy atom. The number of ether oxygens (including phenoxy) is 3. The molecule has 0 bridgehead atoms. The van der Waals surface area contributed by atoms with Crippen molar-refractivity contribution in [1.82, 2.24) is 10.2 Å². The van der Waals surface area contributed by atoms with Crippen LogP contribution in [0.3, 0.4) is 0 Å². The van der Waals surface area contributed by atoms with E-state index in [1.165, 1.54) is 7.11 Å². The van der Waals surface area contributed by atoms with Crippen molar-refractivity contribution in [2.75, 3.05) is 40.0 Å². The predicted molar refractivity (Wildman–Crippen MR) is 123 cm³/mol. The fraction of sp³-hybridized carbons (Fsp3) is 0.320. The van der Waals surface area contributed by atoms with Gasteiger partial charge in [-0.25, -0.2) is 4.79 Å². The number of benzene rings is 2. The van der Waals surface area contributed by atoms with Crippen molar-refractivity contribution in [3.8, 4) is 11.5 Å². The molecule has 1 saturated heterocycles. The van der Waals surface area contributed by atoms with Crippen molar-refractivity contribution in [1.29, 1.82) is 0 Å². The second kappa shape index (κ2) is 10.7. The van der Waals surface area contributed by atoms with Crippen LogP contribution >= 0.6 is 0 Å². The summed E-state index contributed by atoms with van der Waals surface area (Å²) in [5, 5.41) is 3.50. The molecule has 0 unspecified atom stereocenters. The molecular formula is C25H26N2O7. The van der Waals surface area contributed by atoms with Gasteiger partial charge in [-0.3, -0.25) is 9.59 Å². The maximum absolute atomic E-state index is 12.4. The zero-order valence-electron chi connectivity index (χ0n) is 18.9. The molecule has 34 heavy (non-hydrogen) atoms. The number of carbonyl (C=O) groups is 3. The third-order valence-electron chi connectivity index (χ3n) is 5.44. The van der Waals surface area contributed by atoms with Crippen LogP contribution in [-0.2, 0) is 9.53 Å². The Labute approximate surface area is 196 Å². The van der Waals surface area contributed by atoms with Crippen LogP contribution in [0, 0.1) is 0 Å². The van der Waals surface area contributed by atoms with Gasteiger partial charge in [0.05, 0.1) is 25.8 Å². The number of carbonyl (C=O) groups excluding carboxylic acids is 3. The smallest absolute Gasteiger partial charge is 0.337 e. The van der Waals surface area contributed by atoms with Crippen LogP contribution in [0.15, 0.2) is 52.9 Å². The van der Waals surface area contributed by atoms with Crippen LogP contribution < -0.4 is 14.8 Å². The fourth-order valence-electron chi connectivity index (χ4n) is 3.66. The summed E-state index contributed by atoms with van der Waals surface area (Å²) in [7, 11) is 1.32. The van der Waals surface area contributed by atoms with Gasteiger partial charge in [-0.1, -0.05) is 0 Å². The standard InChI is InChI=1S/C25H26N2O7/c1-31-25(30)17-4-6-19(7-5-17)32-13-10-26-24(29)22-16-18-15-20(8-9-21(18)34-22)33-14-12-27-11-2-3-23(27)28/h4-9,15-16H,2-3,10-14H2,1H3,(H,26,29). The molecule has 178 valence electrons. The summed E-state index contributed by atoms with van der Waals surface area (Å²) < 4.78 is 21.6. The van der Waals surface area contributed by atoms with Gasteiger partial charge in [-0.05, 0) is 55.0 Å². The van der Waals surface area contributed by atoms with Crippen molar-refractivity contribution < 1.29 is 33.0 Å². The highest BCUT2D eigenvalue weighted by Crippen LogP contribution is 2.24. The molecule has 2 aromatic carbocycles. The summed E-state index contributed by atoms with van der Waals surface area (Å²) in [5.41, 5.74) is 1.01. The molecule has 4 rings (SSSR count). The Morgan fingerprint density at radius 3 is 2.53 bits per heavy atom. The number of fused-ring (bicyclic) bond motifs is 1. The van der Waals surface area contributed by atoms with E-state index >= 15 is 0 Å². The number of nitrogens with one attached hydrogen (secondary N) is 1. The third-order valence-corrected chi connectivity index (χ3v) is 5.44. The predicted octanol–water partition coefficient (Wildman–Crippen LogP) is 3.03. The Balaban J connectivity index is 1.23. The van der Waals surface area contributed by atoms with Crippen LogP contribution in [-0.4, -0.2) is 62.6 Å². The van der Waals surface area contributed by atoms with Gasteiger partial charge < -0.3 is 28.8 Å². The van der Waals surface area contributed by atoms with E-state index < -0.39 is 5.97 Å². The molecule has 2 amide bonds. The quantitative estimate of drug-likeness (QED) is 0.361. The minimum absolute atomic E-state index is 0.173. The van der Waals surface area contributed by atoms with E-state index in [-0.39, 0.29) is 30.7 Å². The maximum Gasteiger partial charge on any atom is 0.337 e. The van der Waals surface area contributed by atoms with Crippen molar-refractivity contribution in [2.24, 2.45) is 0 Å². The topological polar surface area (TPSA) is 107 Å². The van der Waals surface area contributed by atoms with Crippen LogP contribution in [0.2, 0.25) is 0 Å². The van der Waals surface area contributed by atoms with Gasteiger partial charge in [-0.15, -0.1) is 0 Å². The molecule has 0 aliphatic carbocycles. The lowest BCUT2D eigenvalue weighted by atomic mass is 10.2. The fourth-order valence-corrected chi connectivity index (χ4v) is 3.66. The molecular weight excluding hydrogens is 440 g/mol. The van der Waals surface area contributed by atoms with Crippen LogP contribution in [0.25, 0.3) is 11.0 Å². The van der Waals surface area contributed by atoms with Crippen molar-refractivity contribution in [3.05, 3.63) is 59.9 Å². The zero-order chi connectivity index (χ0) is 23.9. The van der Waals surface area contributed by atoms with Crippen molar-refractivity contribution in [3.63, 3.8) is 0 Å². The summed E-state index contributed by atoms with van der Waals surface area (Å²) in [5.74, 6) is 0.826. The molecule has 0 radical (unpaired) electrons. The van der Waals surface area contributed by atoms with Gasteiger partial charge in [0.25, 0.3) is 5.91 Å². The number of hydrogen-bond donors (Lipinski definition) is 1. The molecule has 3 aromatic rings. The van der Waals surface area contributed by atoms with Crippen LogP contribution in [0.5, 0.6) is 11.5 Å². The second-order valence-corrected chi connectivity index (χ2v) is 7.76. The summed E-state index contributed by atoms with van der Waals surface area (Å²) in [6.45, 7) is 2.29. The van der Waals surface area contributed by atoms with E-state index in [1.807, 2.05) is 6.07 Å². The van der Waals surface area contributed by atoms with E-state index in [9.17, 15) is 14.4 Å². The third kappa shape index (κ3) is 5.67. The first-order valence-electron chi connectivity index (χ1n) is 11.1. The van der Waals surface area contributed by atoms with Gasteiger partial charge in [0.1, 0.15) is 30.3 Å². The Bertz CT molecular complexity index is 1170. The zero-order valence-corrected chi connectivity index (χ0v) is 18.9. The number of rotatable bonds is 10. The number of likely N-dealkylation sites (tertiary alicyclic amines) is 1. The monoisotopic (exact) mass is 466 g/mol. The summed E-state index contributed by atoms with van der Waals surface area (Å²) in [6, 6.07) is 13.5. The first kappa shape index (κ1) is 23.2. The molecule has 2 heterocycles. The molecule has 1 fully saturated rings. The van der Waals surface area contributed by atoms with Gasteiger partial charge in [0, 0.05) is 18.4 Å². The Kier molecular flexibility index (Phi) is 7.31. The number of esters is 1. The molecule has 1 aliphatic heterocycles. The van der Waals surface area contributed by atoms with Crippen LogP contribution in [0.1, 0.15) is 33.8 Å². The average molecular weight is 466 g/mol. The molecule has 0 spiro atoms. The normalized spacial score (nSPS) is 13.2. The summed E-state index contributed by atoms with van der Waals surface area (Å²) in [6.07, 6.45) is 1.52. The maximum atomic E-state index is 12.4. The molecule has 9 heteroatoms. The molecule has 1 aliphatic rings. The van der Waals surface area contributed by atoms with Gasteiger partial charge in [-0.2, -0.15) is 0 Å². The van der Waals surface area contributed by atoms with E-state index in [4.69, 9.17) is 13.9 Å². The SMILES string of the molecule is COC(=O)c1ccc(OCCNC(=O)c2cc3cc(OCCN4CCCC4=O)ccc3o2)cc1. The van der Waals surface area contributed by atoms with E-state index in [0.717, 1.165) is 18.4 Å². The number of furan rings is 1. The summed E-state index contributed by atoms with van der Waals surface area (Å²) >= 11 is 0. The lowest BCUT2D eigenvalue weighted by Gasteiger charge is -2.15. The van der Waals surface area contributed by atoms with Crippen LogP contribution in [0.4, 0.5) is 0 Å². The van der Waals surface area contributed by atoms with E-state index in [0.29, 0.717) is 42.2 Å². The minimum Gasteiger partial charge on any atom is -0.492 e. The van der Waals surface area contributed by atoms with Gasteiger partial charge >= 0.3 is 5.97 Å². The molecule has 9 nitrogen and oxygen atoms in total. The lowest BCUT2D eigenvalue weighted by molar-refractivity contribution is -0.128. The number of methoxy groups -OCH3 is 1. The first-order chi connectivity index (χ1) is 16.5. The molecule has 0 saturated carbocycles. The summed E-state index contributed by atoms with van der Waals surface area (Å²) in [4.78, 5) is 37.3. The number of amides is 2. The second-order valence-electron chi connectivity index (χ2n) is 7.76. The van der Waals surface area contributed by atoms with E-state index in [1.54, 1.807) is 47.4 Å². The van der Waals surface area contributed by atoms with Crippen molar-refractivity contribution >= 4 is 28.8 Å². The van der Waals surface area contributed by atoms with Crippen molar-refractivity contribution in [2.45, 2.75) is 12.8 Å². The van der Waals surface area contributed by atoms with E-state index in [2.05, 4.69) is 10.1 Å². The van der Waals surface area contributed by atoms with Gasteiger partial charge in [0.2, 0.25) is 5.91 Å². The minimum atomic E-state index is -0.415. The average Bonchev–Trinajstić information content (AvgIpc) is 3.47. The number of nitrogens with zero attached hydrogens (tertiary/aromatic N) is 1. The molecule has 1 N–H and O–H groups in total. The first-order valence-corrected chi connectivity index (χ1v) is 11.1. The lowest BCUT2D eigenvalue weighted by Crippen LogP contribution is -2.29. The largest absolute Gasteiger partial charge is 0.492 e. The highest BCUT2D eigenvalue weighted by atomic mass is 16.5. The molecule has 1 aromatic heterocycles.